The van der Waals surface area contributed by atoms with E-state index in [1.165, 1.54) is 0 Å². The first-order chi connectivity index (χ1) is 9.33. The minimum absolute atomic E-state index is 0.0381. The molecule has 1 atom stereocenters. The summed E-state index contributed by atoms with van der Waals surface area (Å²) in [7, 11) is 0. The van der Waals surface area contributed by atoms with Gasteiger partial charge in [-0.2, -0.15) is 0 Å². The summed E-state index contributed by atoms with van der Waals surface area (Å²) in [5.41, 5.74) is 0. The van der Waals surface area contributed by atoms with Crippen LogP contribution < -0.4 is 5.32 Å². The summed E-state index contributed by atoms with van der Waals surface area (Å²) >= 11 is 0. The molecule has 1 fully saturated rings. The Bertz CT molecular complexity index is 346. The molecule has 19 heavy (non-hydrogen) atoms. The predicted octanol–water partition coefficient (Wildman–Crippen LogP) is 2.45. The molecule has 0 aliphatic carbocycles. The topological polar surface area (TPSA) is 38.3 Å². The van der Waals surface area contributed by atoms with Gasteiger partial charge in [0, 0.05) is 31.6 Å². The zero-order valence-electron chi connectivity index (χ0n) is 11.4. The Hall–Kier alpha value is -1.53. The van der Waals surface area contributed by atoms with E-state index in [-0.39, 0.29) is 5.91 Å². The predicted molar refractivity (Wildman–Crippen MR) is 77.5 cm³/mol. The summed E-state index contributed by atoms with van der Waals surface area (Å²) < 4.78 is 5.25. The van der Waals surface area contributed by atoms with Crippen LogP contribution >= 0.6 is 0 Å². The van der Waals surface area contributed by atoms with Crippen LogP contribution in [-0.4, -0.2) is 25.7 Å². The zero-order chi connectivity index (χ0) is 13.8. The number of carbonyl (C=O) groups is 1. The lowest BCUT2D eigenvalue weighted by molar-refractivity contribution is -0.116. The third-order valence-corrected chi connectivity index (χ3v) is 3.03. The molecule has 1 aliphatic heterocycles. The van der Waals surface area contributed by atoms with Crippen molar-refractivity contribution in [3.63, 3.8) is 0 Å². The number of terminal acetylenes is 1. The molecule has 1 amide bonds. The van der Waals surface area contributed by atoms with Crippen LogP contribution in [0.25, 0.3) is 0 Å². The van der Waals surface area contributed by atoms with E-state index in [1.54, 1.807) is 12.2 Å². The second-order valence-corrected chi connectivity index (χ2v) is 4.71. The van der Waals surface area contributed by atoms with E-state index in [4.69, 9.17) is 11.2 Å². The van der Waals surface area contributed by atoms with Crippen molar-refractivity contribution in [3.05, 3.63) is 24.3 Å². The lowest BCUT2D eigenvalue weighted by atomic mass is 10.1. The first-order valence-corrected chi connectivity index (χ1v) is 6.95. The van der Waals surface area contributed by atoms with Crippen LogP contribution in [0.2, 0.25) is 0 Å². The summed E-state index contributed by atoms with van der Waals surface area (Å²) in [5, 5.41) is 2.88. The minimum atomic E-state index is -0.0381. The fourth-order valence-electron chi connectivity index (χ4n) is 1.86. The second kappa shape index (κ2) is 10.4. The molecule has 1 unspecified atom stereocenters. The van der Waals surface area contributed by atoms with Gasteiger partial charge in [-0.25, -0.2) is 0 Å². The molecule has 0 spiro atoms. The third-order valence-electron chi connectivity index (χ3n) is 3.03. The van der Waals surface area contributed by atoms with E-state index < -0.39 is 0 Å². The molecule has 0 radical (unpaired) electrons. The molecule has 3 heteroatoms. The summed E-state index contributed by atoms with van der Waals surface area (Å²) in [6.07, 6.45) is 17.5. The van der Waals surface area contributed by atoms with Crippen molar-refractivity contribution >= 4 is 5.91 Å². The minimum Gasteiger partial charge on any atom is -0.381 e. The Kier molecular flexibility index (Phi) is 8.50. The van der Waals surface area contributed by atoms with Crippen LogP contribution in [0, 0.1) is 18.3 Å². The van der Waals surface area contributed by atoms with Gasteiger partial charge in [-0.15, -0.1) is 12.3 Å². The zero-order valence-corrected chi connectivity index (χ0v) is 11.4. The number of ether oxygens (including phenoxy) is 1. The monoisotopic (exact) mass is 261 g/mol. The maximum Gasteiger partial charge on any atom is 0.243 e. The van der Waals surface area contributed by atoms with Gasteiger partial charge in [-0.3, -0.25) is 4.79 Å². The van der Waals surface area contributed by atoms with Crippen LogP contribution in [0.15, 0.2) is 24.3 Å². The lowest BCUT2D eigenvalue weighted by Crippen LogP contribution is -2.27. The molecule has 104 valence electrons. The molecule has 1 aliphatic rings. The summed E-state index contributed by atoms with van der Waals surface area (Å²) in [5.74, 6) is 3.06. The van der Waals surface area contributed by atoms with Crippen molar-refractivity contribution in [2.45, 2.75) is 32.1 Å². The van der Waals surface area contributed by atoms with Crippen LogP contribution in [0.5, 0.6) is 0 Å². The van der Waals surface area contributed by atoms with Gasteiger partial charge in [0.15, 0.2) is 0 Å². The Morgan fingerprint density at radius 1 is 1.42 bits per heavy atom. The van der Waals surface area contributed by atoms with Gasteiger partial charge in [-0.1, -0.05) is 18.2 Å². The van der Waals surface area contributed by atoms with E-state index in [2.05, 4.69) is 17.3 Å². The van der Waals surface area contributed by atoms with E-state index in [1.807, 2.05) is 6.08 Å². The highest BCUT2D eigenvalue weighted by atomic mass is 16.5. The van der Waals surface area contributed by atoms with Gasteiger partial charge in [0.25, 0.3) is 0 Å². The number of hydrogen-bond donors (Lipinski definition) is 1. The molecule has 0 bridgehead atoms. The van der Waals surface area contributed by atoms with E-state index >= 15 is 0 Å². The Labute approximate surface area is 116 Å². The standard InChI is InChI=1S/C16H23NO2/c1-2-3-4-5-6-7-8-9-10-16(18)17-13-15-11-12-19-14-15/h1,7-10,15H,3-6,11-14H2,(H,17,18)/b8-7+,10-9+. The van der Waals surface area contributed by atoms with Gasteiger partial charge in [0.2, 0.25) is 5.91 Å². The van der Waals surface area contributed by atoms with E-state index in [0.717, 1.165) is 45.3 Å². The Balaban J connectivity index is 2.02. The van der Waals surface area contributed by atoms with Gasteiger partial charge in [0.05, 0.1) is 6.61 Å². The van der Waals surface area contributed by atoms with Gasteiger partial charge < -0.3 is 10.1 Å². The molecule has 1 N–H and O–H groups in total. The average Bonchev–Trinajstić information content (AvgIpc) is 2.93. The molecular formula is C16H23NO2. The smallest absolute Gasteiger partial charge is 0.243 e. The first kappa shape index (κ1) is 15.5. The first-order valence-electron chi connectivity index (χ1n) is 6.95. The number of amides is 1. The van der Waals surface area contributed by atoms with Crippen molar-refractivity contribution in [1.82, 2.24) is 5.32 Å². The Morgan fingerprint density at radius 2 is 2.32 bits per heavy atom. The van der Waals surface area contributed by atoms with Crippen LogP contribution in [0.3, 0.4) is 0 Å². The quantitative estimate of drug-likeness (QED) is 0.315. The second-order valence-electron chi connectivity index (χ2n) is 4.71. The van der Waals surface area contributed by atoms with Crippen molar-refractivity contribution in [3.8, 4) is 12.3 Å². The highest BCUT2D eigenvalue weighted by Crippen LogP contribution is 2.10. The normalized spacial score (nSPS) is 19.0. The van der Waals surface area contributed by atoms with E-state index in [9.17, 15) is 4.79 Å². The highest BCUT2D eigenvalue weighted by molar-refractivity contribution is 5.87. The lowest BCUT2D eigenvalue weighted by Gasteiger charge is -2.06. The summed E-state index contributed by atoms with van der Waals surface area (Å²) in [6.45, 7) is 2.29. The van der Waals surface area contributed by atoms with Crippen molar-refractivity contribution < 1.29 is 9.53 Å². The van der Waals surface area contributed by atoms with Gasteiger partial charge in [-0.05, 0) is 25.7 Å². The van der Waals surface area contributed by atoms with Gasteiger partial charge >= 0.3 is 0 Å². The maximum absolute atomic E-state index is 11.5. The number of hydrogen-bond acceptors (Lipinski definition) is 2. The van der Waals surface area contributed by atoms with Crippen molar-refractivity contribution in [2.24, 2.45) is 5.92 Å². The van der Waals surface area contributed by atoms with Crippen molar-refractivity contribution in [1.29, 1.82) is 0 Å². The largest absolute Gasteiger partial charge is 0.381 e. The molecule has 3 nitrogen and oxygen atoms in total. The molecule has 0 saturated carbocycles. The molecule has 0 aromatic rings. The molecule has 0 aromatic heterocycles. The molecule has 1 heterocycles. The highest BCUT2D eigenvalue weighted by Gasteiger charge is 2.15. The number of allylic oxidation sites excluding steroid dienone is 3. The molecule has 1 saturated heterocycles. The third kappa shape index (κ3) is 8.23. The summed E-state index contributed by atoms with van der Waals surface area (Å²) in [4.78, 5) is 11.5. The fourth-order valence-corrected chi connectivity index (χ4v) is 1.86. The van der Waals surface area contributed by atoms with Gasteiger partial charge in [0.1, 0.15) is 0 Å². The Morgan fingerprint density at radius 3 is 3.05 bits per heavy atom. The van der Waals surface area contributed by atoms with E-state index in [0.29, 0.717) is 12.5 Å². The van der Waals surface area contributed by atoms with Crippen molar-refractivity contribution in [2.75, 3.05) is 19.8 Å². The SMILES string of the molecule is C#CCCCC/C=C/C=C/C(=O)NCC1CCOC1. The van der Waals surface area contributed by atoms with Crippen LogP contribution in [0.4, 0.5) is 0 Å². The summed E-state index contributed by atoms with van der Waals surface area (Å²) in [6, 6.07) is 0. The molecular weight excluding hydrogens is 238 g/mol. The molecule has 1 rings (SSSR count). The maximum atomic E-state index is 11.5. The van der Waals surface area contributed by atoms with Crippen LogP contribution in [0.1, 0.15) is 32.1 Å². The number of carbonyl (C=O) groups excluding carboxylic acids is 1. The number of rotatable bonds is 8. The fraction of sp³-hybridized carbons (Fsp3) is 0.562. The molecule has 0 aromatic carbocycles. The number of unbranched alkanes of at least 4 members (excludes halogenated alkanes) is 3. The van der Waals surface area contributed by atoms with Crippen LogP contribution in [-0.2, 0) is 9.53 Å². The number of nitrogens with one attached hydrogen (secondary N) is 1. The average molecular weight is 261 g/mol.